The normalized spacial score (nSPS) is 12.3. The molecule has 0 saturated heterocycles. The third-order valence-corrected chi connectivity index (χ3v) is 5.19. The lowest BCUT2D eigenvalue weighted by Crippen LogP contribution is -2.28. The molecule has 0 aliphatic rings. The van der Waals surface area contributed by atoms with E-state index in [0.717, 1.165) is 22.0 Å². The maximum Gasteiger partial charge on any atom is 0.186 e. The number of thiophene rings is 1. The van der Waals surface area contributed by atoms with Crippen LogP contribution in [0.2, 0.25) is 0 Å². The number of hydrogen-bond donors (Lipinski definition) is 2. The van der Waals surface area contributed by atoms with Crippen LogP contribution in [0.3, 0.4) is 0 Å². The Hall–Kier alpha value is -2.69. The minimum Gasteiger partial charge on any atom is -0.360 e. The molecule has 2 aromatic carbocycles. The molecule has 0 aliphatic heterocycles. The fourth-order valence-electron chi connectivity index (χ4n) is 3.05. The number of aromatic nitrogens is 1. The number of hydrogen-bond acceptors (Lipinski definition) is 3. The van der Waals surface area contributed by atoms with E-state index in [1.54, 1.807) is 11.3 Å². The highest BCUT2D eigenvalue weighted by atomic mass is 32.1. The van der Waals surface area contributed by atoms with Crippen molar-refractivity contribution in [3.63, 3.8) is 0 Å². The molecule has 4 heteroatoms. The summed E-state index contributed by atoms with van der Waals surface area (Å²) < 4.78 is 0. The number of para-hydroxylation sites is 1. The average Bonchev–Trinajstić information content (AvgIpc) is 3.32. The number of nitrogens with one attached hydrogen (secondary N) is 2. The molecule has 1 atom stereocenters. The molecule has 4 aromatic rings. The first-order chi connectivity index (χ1) is 12.3. The predicted molar refractivity (Wildman–Crippen MR) is 103 cm³/mol. The summed E-state index contributed by atoms with van der Waals surface area (Å²) in [5.41, 5.74) is 2.69. The van der Waals surface area contributed by atoms with Crippen LogP contribution in [-0.4, -0.2) is 10.8 Å². The van der Waals surface area contributed by atoms with E-state index in [2.05, 4.69) is 21.7 Å². The van der Waals surface area contributed by atoms with Gasteiger partial charge < -0.3 is 4.98 Å². The van der Waals surface area contributed by atoms with Gasteiger partial charge in [0.1, 0.15) is 0 Å². The van der Waals surface area contributed by atoms with Gasteiger partial charge in [-0.2, -0.15) is 0 Å². The fraction of sp³-hybridized carbons (Fsp3) is 0.0952. The summed E-state index contributed by atoms with van der Waals surface area (Å²) in [6.07, 6.45) is 1.82. The van der Waals surface area contributed by atoms with Crippen molar-refractivity contribution in [2.45, 2.75) is 12.6 Å². The number of fused-ring (bicyclic) bond motifs is 1. The van der Waals surface area contributed by atoms with Gasteiger partial charge in [-0.1, -0.05) is 54.6 Å². The lowest BCUT2D eigenvalue weighted by molar-refractivity contribution is 0.0944. The van der Waals surface area contributed by atoms with Crippen molar-refractivity contribution in [2.24, 2.45) is 0 Å². The molecule has 4 rings (SSSR count). The predicted octanol–water partition coefficient (Wildman–Crippen LogP) is 4.94. The van der Waals surface area contributed by atoms with Crippen LogP contribution in [0, 0.1) is 0 Å². The first-order valence-corrected chi connectivity index (χ1v) is 9.12. The lowest BCUT2D eigenvalue weighted by atomic mass is 9.97. The molecule has 0 bridgehead atoms. The molecule has 3 nitrogen and oxygen atoms in total. The summed E-state index contributed by atoms with van der Waals surface area (Å²) in [7, 11) is 0. The number of carbonyl (C=O) groups excluding carboxylic acids is 1. The van der Waals surface area contributed by atoms with Gasteiger partial charge in [-0.3, -0.25) is 10.1 Å². The van der Waals surface area contributed by atoms with Gasteiger partial charge in [0, 0.05) is 34.1 Å². The highest BCUT2D eigenvalue weighted by Crippen LogP contribution is 2.25. The summed E-state index contributed by atoms with van der Waals surface area (Å²) in [6.45, 7) is 0.672. The topological polar surface area (TPSA) is 44.9 Å². The Balaban J connectivity index is 1.68. The van der Waals surface area contributed by atoms with Crippen molar-refractivity contribution in [1.29, 1.82) is 0 Å². The van der Waals surface area contributed by atoms with Gasteiger partial charge in [0.2, 0.25) is 0 Å². The smallest absolute Gasteiger partial charge is 0.186 e. The number of Topliss-reactive ketones (excluding diaryl/α,β-unsaturated/α-hetero) is 1. The quantitative estimate of drug-likeness (QED) is 0.486. The number of benzene rings is 2. The molecule has 25 heavy (non-hydrogen) atoms. The number of ketones is 1. The zero-order valence-corrected chi connectivity index (χ0v) is 14.4. The number of rotatable bonds is 6. The van der Waals surface area contributed by atoms with E-state index in [1.165, 1.54) is 4.88 Å². The van der Waals surface area contributed by atoms with Crippen molar-refractivity contribution in [3.8, 4) is 0 Å². The average molecular weight is 346 g/mol. The highest BCUT2D eigenvalue weighted by Gasteiger charge is 2.24. The van der Waals surface area contributed by atoms with Crippen LogP contribution in [-0.2, 0) is 6.54 Å². The van der Waals surface area contributed by atoms with Crippen LogP contribution < -0.4 is 5.32 Å². The standard InChI is InChI=1S/C21H18N2OS/c24-21(18-14-22-19-11-5-4-10-17(18)19)20(15-7-2-1-3-8-15)23-13-16-9-6-12-25-16/h1-12,14,20,22-23H,13H2/t20-/m1/s1. The molecular weight excluding hydrogens is 328 g/mol. The van der Waals surface area contributed by atoms with Gasteiger partial charge >= 0.3 is 0 Å². The van der Waals surface area contributed by atoms with Gasteiger partial charge in [-0.25, -0.2) is 0 Å². The van der Waals surface area contributed by atoms with Gasteiger partial charge in [-0.05, 0) is 23.1 Å². The van der Waals surface area contributed by atoms with Crippen molar-refractivity contribution < 1.29 is 4.79 Å². The van der Waals surface area contributed by atoms with Crippen LogP contribution in [0.1, 0.15) is 26.8 Å². The van der Waals surface area contributed by atoms with Crippen LogP contribution >= 0.6 is 11.3 Å². The maximum absolute atomic E-state index is 13.3. The van der Waals surface area contributed by atoms with E-state index >= 15 is 0 Å². The number of carbonyl (C=O) groups is 1. The molecule has 124 valence electrons. The molecule has 0 aliphatic carbocycles. The summed E-state index contributed by atoms with van der Waals surface area (Å²) in [5, 5.41) is 6.45. The molecule has 2 aromatic heterocycles. The summed E-state index contributed by atoms with van der Waals surface area (Å²) >= 11 is 1.69. The van der Waals surface area contributed by atoms with E-state index in [-0.39, 0.29) is 11.8 Å². The van der Waals surface area contributed by atoms with E-state index in [4.69, 9.17) is 0 Å². The van der Waals surface area contributed by atoms with Crippen LogP contribution in [0.25, 0.3) is 10.9 Å². The molecule has 0 spiro atoms. The number of aromatic amines is 1. The van der Waals surface area contributed by atoms with E-state index in [1.807, 2.05) is 66.9 Å². The summed E-state index contributed by atoms with van der Waals surface area (Å²) in [4.78, 5) is 17.7. The maximum atomic E-state index is 13.3. The number of H-pyrrole nitrogens is 1. The van der Waals surface area contributed by atoms with Gasteiger partial charge in [0.05, 0.1) is 6.04 Å². The van der Waals surface area contributed by atoms with Crippen molar-refractivity contribution >= 4 is 28.0 Å². The lowest BCUT2D eigenvalue weighted by Gasteiger charge is -2.17. The summed E-state index contributed by atoms with van der Waals surface area (Å²) in [6, 6.07) is 21.5. The Morgan fingerprint density at radius 2 is 1.80 bits per heavy atom. The van der Waals surface area contributed by atoms with Crippen LogP contribution in [0.4, 0.5) is 0 Å². The van der Waals surface area contributed by atoms with E-state index < -0.39 is 0 Å². The van der Waals surface area contributed by atoms with Crippen LogP contribution in [0.15, 0.2) is 78.3 Å². The first kappa shape index (κ1) is 15.8. The Morgan fingerprint density at radius 3 is 2.60 bits per heavy atom. The SMILES string of the molecule is O=C(c1c[nH]c2ccccc12)[C@H](NCc1cccs1)c1ccccc1. The van der Waals surface area contributed by atoms with E-state index in [0.29, 0.717) is 6.54 Å². The van der Waals surface area contributed by atoms with Gasteiger partial charge in [0.25, 0.3) is 0 Å². The Morgan fingerprint density at radius 1 is 1.00 bits per heavy atom. The molecule has 2 N–H and O–H groups in total. The molecular formula is C21H18N2OS. The second-order valence-electron chi connectivity index (χ2n) is 5.92. The second kappa shape index (κ2) is 7.05. The molecule has 0 saturated carbocycles. The summed E-state index contributed by atoms with van der Waals surface area (Å²) in [5.74, 6) is 0.0835. The minimum absolute atomic E-state index is 0.0835. The van der Waals surface area contributed by atoms with Gasteiger partial charge in [-0.15, -0.1) is 11.3 Å². The molecule has 0 amide bonds. The zero-order chi connectivity index (χ0) is 17.1. The third kappa shape index (κ3) is 3.27. The molecule has 0 fully saturated rings. The first-order valence-electron chi connectivity index (χ1n) is 8.24. The van der Waals surface area contributed by atoms with Crippen molar-refractivity contribution in [2.75, 3.05) is 0 Å². The Bertz CT molecular complexity index is 973. The minimum atomic E-state index is -0.373. The fourth-order valence-corrected chi connectivity index (χ4v) is 3.71. The largest absolute Gasteiger partial charge is 0.360 e. The Labute approximate surface area is 150 Å². The highest BCUT2D eigenvalue weighted by molar-refractivity contribution is 7.09. The van der Waals surface area contributed by atoms with E-state index in [9.17, 15) is 4.79 Å². The van der Waals surface area contributed by atoms with Crippen molar-refractivity contribution in [1.82, 2.24) is 10.3 Å². The van der Waals surface area contributed by atoms with Crippen molar-refractivity contribution in [3.05, 3.63) is 94.3 Å². The van der Waals surface area contributed by atoms with Crippen LogP contribution in [0.5, 0.6) is 0 Å². The Kier molecular flexibility index (Phi) is 4.46. The van der Waals surface area contributed by atoms with Gasteiger partial charge in [0.15, 0.2) is 5.78 Å². The monoisotopic (exact) mass is 346 g/mol. The zero-order valence-electron chi connectivity index (χ0n) is 13.6. The third-order valence-electron chi connectivity index (χ3n) is 4.31. The molecule has 2 heterocycles. The molecule has 0 unspecified atom stereocenters. The second-order valence-corrected chi connectivity index (χ2v) is 6.95. The molecule has 0 radical (unpaired) electrons.